The lowest BCUT2D eigenvalue weighted by Gasteiger charge is -2.26. The summed E-state index contributed by atoms with van der Waals surface area (Å²) in [7, 11) is -2.06. The second-order valence-electron chi connectivity index (χ2n) is 5.60. The predicted molar refractivity (Wildman–Crippen MR) is 98.8 cm³/mol. The van der Waals surface area contributed by atoms with Crippen molar-refractivity contribution in [2.75, 3.05) is 19.4 Å². The van der Waals surface area contributed by atoms with Crippen molar-refractivity contribution in [1.82, 2.24) is 15.8 Å². The number of sulfonamides is 1. The van der Waals surface area contributed by atoms with Gasteiger partial charge >= 0.3 is 0 Å². The molecular formula is C16H15ClN4O5S. The van der Waals surface area contributed by atoms with Crippen LogP contribution in [0.4, 0.5) is 0 Å². The number of hydrogen-bond donors (Lipinski definition) is 2. The monoisotopic (exact) mass is 410 g/mol. The van der Waals surface area contributed by atoms with Crippen molar-refractivity contribution in [2.45, 2.75) is 0 Å². The van der Waals surface area contributed by atoms with E-state index in [1.807, 2.05) is 0 Å². The van der Waals surface area contributed by atoms with E-state index in [2.05, 4.69) is 15.2 Å². The van der Waals surface area contributed by atoms with Crippen LogP contribution in [-0.2, 0) is 14.8 Å². The Kier molecular flexibility index (Phi) is 5.19. The first-order chi connectivity index (χ1) is 12.8. The molecule has 0 saturated carbocycles. The molecule has 1 aromatic rings. The zero-order valence-corrected chi connectivity index (χ0v) is 15.7. The molecule has 0 saturated heterocycles. The van der Waals surface area contributed by atoms with Crippen molar-refractivity contribution in [3.8, 4) is 5.75 Å². The Hall–Kier alpha value is -2.85. The van der Waals surface area contributed by atoms with E-state index in [1.165, 1.54) is 37.6 Å². The van der Waals surface area contributed by atoms with Gasteiger partial charge in [-0.2, -0.15) is 0 Å². The molecule has 0 aromatic heterocycles. The van der Waals surface area contributed by atoms with Crippen molar-refractivity contribution in [3.05, 3.63) is 52.7 Å². The van der Waals surface area contributed by atoms with Gasteiger partial charge in [0.2, 0.25) is 0 Å². The lowest BCUT2D eigenvalue weighted by atomic mass is 10.2. The summed E-state index contributed by atoms with van der Waals surface area (Å²) in [4.78, 5) is 26.1. The average molecular weight is 411 g/mol. The SMILES string of the molecule is COc1ccc(Cl)cc1C(=O)NNC(=O)C1=CN2CCS(=O)(=O)N=C2C=C1. The number of fused-ring (bicyclic) bond motifs is 1. The number of rotatable bonds is 3. The van der Waals surface area contributed by atoms with Gasteiger partial charge < -0.3 is 9.64 Å². The quantitative estimate of drug-likeness (QED) is 0.705. The van der Waals surface area contributed by atoms with Gasteiger partial charge in [0.1, 0.15) is 11.6 Å². The Morgan fingerprint density at radius 3 is 2.70 bits per heavy atom. The number of hydrogen-bond acceptors (Lipinski definition) is 6. The van der Waals surface area contributed by atoms with Gasteiger partial charge in [-0.1, -0.05) is 11.6 Å². The van der Waals surface area contributed by atoms with Crippen LogP contribution in [0.5, 0.6) is 5.75 Å². The van der Waals surface area contributed by atoms with E-state index < -0.39 is 21.8 Å². The minimum absolute atomic E-state index is 0.138. The molecule has 11 heteroatoms. The number of halogens is 1. The van der Waals surface area contributed by atoms with Crippen LogP contribution in [0.15, 0.2) is 46.5 Å². The summed E-state index contributed by atoms with van der Waals surface area (Å²) >= 11 is 5.89. The van der Waals surface area contributed by atoms with Crippen LogP contribution in [0.2, 0.25) is 5.02 Å². The first-order valence-corrected chi connectivity index (χ1v) is 9.71. The number of amides is 2. The number of benzene rings is 1. The Bertz CT molecular complexity index is 1000. The largest absolute Gasteiger partial charge is 0.496 e. The summed E-state index contributed by atoms with van der Waals surface area (Å²) in [6, 6.07) is 4.53. The number of nitrogens with zero attached hydrogens (tertiary/aromatic N) is 2. The molecule has 0 fully saturated rings. The zero-order chi connectivity index (χ0) is 19.6. The molecule has 2 aliphatic heterocycles. The Morgan fingerprint density at radius 2 is 1.96 bits per heavy atom. The molecule has 3 rings (SSSR count). The fourth-order valence-electron chi connectivity index (χ4n) is 2.45. The molecule has 0 unspecified atom stereocenters. The third-order valence-electron chi connectivity index (χ3n) is 3.78. The van der Waals surface area contributed by atoms with Crippen molar-refractivity contribution in [1.29, 1.82) is 0 Å². The van der Waals surface area contributed by atoms with Crippen molar-refractivity contribution in [3.63, 3.8) is 0 Å². The van der Waals surface area contributed by atoms with Gasteiger partial charge in [0.25, 0.3) is 21.8 Å². The molecule has 0 atom stereocenters. The van der Waals surface area contributed by atoms with Crippen LogP contribution < -0.4 is 15.6 Å². The van der Waals surface area contributed by atoms with E-state index in [4.69, 9.17) is 16.3 Å². The maximum Gasteiger partial charge on any atom is 0.273 e. The van der Waals surface area contributed by atoms with Gasteiger partial charge in [-0.25, -0.2) is 8.42 Å². The number of nitrogens with one attached hydrogen (secondary N) is 2. The first kappa shape index (κ1) is 18.9. The van der Waals surface area contributed by atoms with Gasteiger partial charge in [-0.05, 0) is 30.4 Å². The second kappa shape index (κ2) is 7.41. The summed E-state index contributed by atoms with van der Waals surface area (Å²) in [6.45, 7) is 0.189. The molecule has 2 heterocycles. The summed E-state index contributed by atoms with van der Waals surface area (Å²) < 4.78 is 31.7. The van der Waals surface area contributed by atoms with Gasteiger partial charge in [0.15, 0.2) is 0 Å². The van der Waals surface area contributed by atoms with E-state index in [1.54, 1.807) is 11.0 Å². The van der Waals surface area contributed by atoms with Crippen LogP contribution >= 0.6 is 11.6 Å². The highest BCUT2D eigenvalue weighted by Crippen LogP contribution is 2.22. The smallest absolute Gasteiger partial charge is 0.273 e. The second-order valence-corrected chi connectivity index (χ2v) is 7.79. The zero-order valence-electron chi connectivity index (χ0n) is 14.1. The van der Waals surface area contributed by atoms with E-state index in [0.717, 1.165) is 0 Å². The molecule has 0 spiro atoms. The lowest BCUT2D eigenvalue weighted by molar-refractivity contribution is -0.118. The number of carbonyl (C=O) groups is 2. The minimum Gasteiger partial charge on any atom is -0.496 e. The molecule has 2 amide bonds. The summed E-state index contributed by atoms with van der Waals surface area (Å²) in [5.41, 5.74) is 4.97. The lowest BCUT2D eigenvalue weighted by Crippen LogP contribution is -2.43. The van der Waals surface area contributed by atoms with Crippen LogP contribution in [-0.4, -0.2) is 50.4 Å². The molecule has 0 bridgehead atoms. The Labute approximate surface area is 160 Å². The maximum absolute atomic E-state index is 12.3. The van der Waals surface area contributed by atoms with Crippen molar-refractivity contribution >= 4 is 39.3 Å². The molecule has 0 radical (unpaired) electrons. The maximum atomic E-state index is 12.3. The third kappa shape index (κ3) is 4.29. The summed E-state index contributed by atoms with van der Waals surface area (Å²) in [6.07, 6.45) is 4.31. The number of hydrazine groups is 1. The number of carbonyl (C=O) groups excluding carboxylic acids is 2. The molecule has 27 heavy (non-hydrogen) atoms. The van der Waals surface area contributed by atoms with Crippen molar-refractivity contribution < 1.29 is 22.7 Å². The number of methoxy groups -OCH3 is 1. The van der Waals surface area contributed by atoms with E-state index in [0.29, 0.717) is 10.8 Å². The summed E-state index contributed by atoms with van der Waals surface area (Å²) in [5.74, 6) is -0.771. The fraction of sp³-hybridized carbons (Fsp3) is 0.188. The van der Waals surface area contributed by atoms with Crippen LogP contribution in [0.3, 0.4) is 0 Å². The molecule has 1 aromatic carbocycles. The average Bonchev–Trinajstić information content (AvgIpc) is 2.64. The Morgan fingerprint density at radius 1 is 1.22 bits per heavy atom. The molecular weight excluding hydrogens is 396 g/mol. The number of amidine groups is 1. The Balaban J connectivity index is 1.67. The molecule has 2 N–H and O–H groups in total. The van der Waals surface area contributed by atoms with E-state index >= 15 is 0 Å². The third-order valence-corrected chi connectivity index (χ3v) is 5.18. The normalized spacial score (nSPS) is 17.3. The fourth-order valence-corrected chi connectivity index (χ4v) is 3.59. The van der Waals surface area contributed by atoms with Crippen LogP contribution in [0.25, 0.3) is 0 Å². The van der Waals surface area contributed by atoms with Crippen LogP contribution in [0.1, 0.15) is 10.4 Å². The van der Waals surface area contributed by atoms with Gasteiger partial charge in [0, 0.05) is 17.8 Å². The standard InChI is InChI=1S/C16H15ClN4O5S/c1-26-13-4-3-11(17)8-12(13)16(23)19-18-15(22)10-2-5-14-20-27(24,25)7-6-21(14)9-10/h2-5,8-9H,6-7H2,1H3,(H,18,22)(H,19,23). The van der Waals surface area contributed by atoms with Crippen molar-refractivity contribution in [2.24, 2.45) is 4.40 Å². The highest BCUT2D eigenvalue weighted by Gasteiger charge is 2.25. The summed E-state index contributed by atoms with van der Waals surface area (Å²) in [5, 5.41) is 0.345. The topological polar surface area (TPSA) is 117 Å². The van der Waals surface area contributed by atoms with Gasteiger partial charge in [0.05, 0.1) is 24.0 Å². The van der Waals surface area contributed by atoms with Gasteiger partial charge in [-0.3, -0.25) is 20.4 Å². The van der Waals surface area contributed by atoms with Gasteiger partial charge in [-0.15, -0.1) is 4.40 Å². The molecule has 9 nitrogen and oxygen atoms in total. The highest BCUT2D eigenvalue weighted by molar-refractivity contribution is 7.90. The van der Waals surface area contributed by atoms with E-state index in [-0.39, 0.29) is 29.3 Å². The minimum atomic E-state index is -3.47. The van der Waals surface area contributed by atoms with E-state index in [9.17, 15) is 18.0 Å². The first-order valence-electron chi connectivity index (χ1n) is 7.72. The number of ether oxygens (including phenoxy) is 1. The molecule has 2 aliphatic rings. The molecule has 142 valence electrons. The highest BCUT2D eigenvalue weighted by atomic mass is 35.5. The predicted octanol–water partition coefficient (Wildman–Crippen LogP) is 0.607. The molecule has 0 aliphatic carbocycles. The van der Waals surface area contributed by atoms with Crippen LogP contribution in [0, 0.1) is 0 Å².